The first-order valence-electron chi connectivity index (χ1n) is 12.1. The van der Waals surface area contributed by atoms with Crippen molar-refractivity contribution in [3.63, 3.8) is 0 Å². The predicted molar refractivity (Wildman–Crippen MR) is 134 cm³/mol. The summed E-state index contributed by atoms with van der Waals surface area (Å²) in [5.41, 5.74) is -4.17. The van der Waals surface area contributed by atoms with Gasteiger partial charge in [-0.2, -0.15) is 18.4 Å². The molecular weight excluding hydrogens is 553 g/mol. The zero-order valence-corrected chi connectivity index (χ0v) is 21.5. The fourth-order valence-corrected chi connectivity index (χ4v) is 4.00. The predicted octanol–water partition coefficient (Wildman–Crippen LogP) is 5.96. The van der Waals surface area contributed by atoms with Crippen LogP contribution in [-0.4, -0.2) is 28.7 Å². The van der Waals surface area contributed by atoms with Crippen LogP contribution >= 0.6 is 0 Å². The van der Waals surface area contributed by atoms with E-state index in [1.54, 1.807) is 13.8 Å². The minimum atomic E-state index is -5.08. The van der Waals surface area contributed by atoms with E-state index in [1.807, 2.05) is 0 Å². The van der Waals surface area contributed by atoms with E-state index in [4.69, 9.17) is 13.9 Å². The maximum atomic E-state index is 14.4. The van der Waals surface area contributed by atoms with Gasteiger partial charge in [0.15, 0.2) is 5.76 Å². The molecule has 0 aliphatic rings. The van der Waals surface area contributed by atoms with Crippen LogP contribution in [0.5, 0.6) is 5.88 Å². The van der Waals surface area contributed by atoms with E-state index in [1.165, 1.54) is 24.4 Å². The molecule has 0 saturated carbocycles. The monoisotopic (exact) mass is 573 g/mol. The average Bonchev–Trinajstić information content (AvgIpc) is 3.41. The Morgan fingerprint density at radius 1 is 1.10 bits per heavy atom. The van der Waals surface area contributed by atoms with Crippen molar-refractivity contribution >= 4 is 5.97 Å². The quantitative estimate of drug-likeness (QED) is 0.189. The lowest BCUT2D eigenvalue weighted by molar-refractivity contribution is -0.137. The van der Waals surface area contributed by atoms with Gasteiger partial charge in [0, 0.05) is 29.0 Å². The van der Waals surface area contributed by atoms with Gasteiger partial charge in [-0.05, 0) is 38.1 Å². The molecule has 0 aliphatic carbocycles. The van der Waals surface area contributed by atoms with Gasteiger partial charge in [-0.3, -0.25) is 9.36 Å². The number of benzene rings is 1. The van der Waals surface area contributed by atoms with Crippen LogP contribution < -0.4 is 10.3 Å². The highest BCUT2D eigenvalue weighted by atomic mass is 19.4. The third-order valence-corrected chi connectivity index (χ3v) is 5.87. The number of pyridine rings is 2. The molecule has 212 valence electrons. The van der Waals surface area contributed by atoms with E-state index in [2.05, 4.69) is 4.98 Å². The molecule has 0 radical (unpaired) electrons. The number of esters is 1. The fourth-order valence-electron chi connectivity index (χ4n) is 4.00. The van der Waals surface area contributed by atoms with E-state index < -0.39 is 52.7 Å². The molecule has 4 rings (SSSR count). The maximum absolute atomic E-state index is 14.4. The lowest BCUT2D eigenvalue weighted by Gasteiger charge is -2.16. The summed E-state index contributed by atoms with van der Waals surface area (Å²) in [4.78, 5) is 29.7. The Balaban J connectivity index is 1.89. The van der Waals surface area contributed by atoms with Crippen LogP contribution in [0.1, 0.15) is 40.9 Å². The number of nitriles is 1. The number of carbonyl (C=O) groups excluding carboxylic acids is 1. The van der Waals surface area contributed by atoms with Crippen molar-refractivity contribution in [3.8, 4) is 34.5 Å². The van der Waals surface area contributed by atoms with Crippen LogP contribution in [0.3, 0.4) is 0 Å². The summed E-state index contributed by atoms with van der Waals surface area (Å²) in [5.74, 6) is -2.90. The van der Waals surface area contributed by atoms with Gasteiger partial charge in [0.25, 0.3) is 5.56 Å². The van der Waals surface area contributed by atoms with Crippen molar-refractivity contribution in [2.75, 3.05) is 13.2 Å². The molecule has 3 aromatic heterocycles. The van der Waals surface area contributed by atoms with E-state index >= 15 is 0 Å². The second-order valence-corrected chi connectivity index (χ2v) is 8.48. The van der Waals surface area contributed by atoms with Gasteiger partial charge in [-0.25, -0.2) is 18.6 Å². The molecule has 1 aromatic carbocycles. The molecule has 0 atom stereocenters. The molecule has 13 heteroatoms. The van der Waals surface area contributed by atoms with Gasteiger partial charge in [0.1, 0.15) is 28.8 Å². The molecule has 0 amide bonds. The smallest absolute Gasteiger partial charge is 0.417 e. The van der Waals surface area contributed by atoms with Gasteiger partial charge in [-0.1, -0.05) is 6.07 Å². The third kappa shape index (κ3) is 5.96. The summed E-state index contributed by atoms with van der Waals surface area (Å²) in [5, 5.41) is 9.36. The van der Waals surface area contributed by atoms with E-state index in [9.17, 15) is 36.8 Å². The summed E-state index contributed by atoms with van der Waals surface area (Å²) in [6.07, 6.45) is -2.59. The number of carbonyl (C=O) groups is 1. The molecule has 0 unspecified atom stereocenters. The van der Waals surface area contributed by atoms with Gasteiger partial charge in [-0.15, -0.1) is 0 Å². The zero-order valence-electron chi connectivity index (χ0n) is 21.5. The van der Waals surface area contributed by atoms with Crippen molar-refractivity contribution in [2.24, 2.45) is 0 Å². The number of hydrogen-bond acceptors (Lipinski definition) is 7. The number of aromatic nitrogens is 2. The summed E-state index contributed by atoms with van der Waals surface area (Å²) >= 11 is 0. The number of nitrogens with zero attached hydrogens (tertiary/aromatic N) is 3. The first-order chi connectivity index (χ1) is 19.5. The summed E-state index contributed by atoms with van der Waals surface area (Å²) in [6, 6.07) is 7.00. The second-order valence-electron chi connectivity index (χ2n) is 8.48. The van der Waals surface area contributed by atoms with Crippen LogP contribution in [0.15, 0.2) is 58.1 Å². The summed E-state index contributed by atoms with van der Waals surface area (Å²) in [7, 11) is 0. The van der Waals surface area contributed by atoms with Gasteiger partial charge in [0.2, 0.25) is 5.88 Å². The Kier molecular flexibility index (Phi) is 8.23. The van der Waals surface area contributed by atoms with Gasteiger partial charge in [0.05, 0.1) is 37.3 Å². The van der Waals surface area contributed by atoms with E-state index in [0.717, 1.165) is 23.0 Å². The molecule has 0 saturated heterocycles. The number of halogens is 5. The Morgan fingerprint density at radius 2 is 1.85 bits per heavy atom. The Morgan fingerprint density at radius 3 is 2.49 bits per heavy atom. The number of rotatable bonds is 8. The first-order valence-corrected chi connectivity index (χ1v) is 12.1. The molecule has 0 fully saturated rings. The number of hydrogen-bond donors (Lipinski definition) is 0. The molecule has 8 nitrogen and oxygen atoms in total. The minimum absolute atomic E-state index is 0.00428. The zero-order chi connectivity index (χ0) is 29.9. The van der Waals surface area contributed by atoms with Crippen LogP contribution in [0.4, 0.5) is 22.0 Å². The van der Waals surface area contributed by atoms with Gasteiger partial charge < -0.3 is 13.9 Å². The van der Waals surface area contributed by atoms with Crippen LogP contribution in [-0.2, 0) is 17.5 Å². The van der Waals surface area contributed by atoms with Gasteiger partial charge >= 0.3 is 12.1 Å². The number of furan rings is 1. The standard InChI is InChI=1S/C28H20F5N3O5/c1-3-39-25-19(27(38)40-4-2)7-16(12-35-25)17-8-24(41-14-17)23-10-21(28(31,32)33)20(11-34)26(37)36(23)13-15-5-6-18(29)9-22(15)30/h5-10,12,14H,3-4,13H2,1-2H3. The topological polar surface area (TPSA) is 107 Å². The third-order valence-electron chi connectivity index (χ3n) is 5.87. The summed E-state index contributed by atoms with van der Waals surface area (Å²) < 4.78 is 86.1. The number of ether oxygens (including phenoxy) is 2. The molecule has 4 aromatic rings. The molecular formula is C28H20F5N3O5. The highest BCUT2D eigenvalue weighted by molar-refractivity contribution is 5.93. The molecule has 0 bridgehead atoms. The van der Waals surface area contributed by atoms with Crippen molar-refractivity contribution in [1.29, 1.82) is 5.26 Å². The van der Waals surface area contributed by atoms with Crippen LogP contribution in [0, 0.1) is 23.0 Å². The second kappa shape index (κ2) is 11.6. The SMILES string of the molecule is CCOC(=O)c1cc(-c2coc(-c3cc(C(F)(F)F)c(C#N)c(=O)n3Cc3ccc(F)cc3F)c2)cnc1OCC. The Bertz CT molecular complexity index is 1720. The van der Waals surface area contributed by atoms with Crippen molar-refractivity contribution < 1.29 is 40.6 Å². The van der Waals surface area contributed by atoms with E-state index in [0.29, 0.717) is 17.7 Å². The Hall–Kier alpha value is -4.99. The lowest BCUT2D eigenvalue weighted by atomic mass is 10.0. The van der Waals surface area contributed by atoms with Crippen molar-refractivity contribution in [3.05, 3.63) is 93.1 Å². The molecule has 0 aliphatic heterocycles. The first kappa shape index (κ1) is 29.0. The molecule has 3 heterocycles. The largest absolute Gasteiger partial charge is 0.477 e. The molecule has 0 spiro atoms. The average molecular weight is 573 g/mol. The number of alkyl halides is 3. The van der Waals surface area contributed by atoms with Crippen LogP contribution in [0.25, 0.3) is 22.6 Å². The molecule has 0 N–H and O–H groups in total. The lowest BCUT2D eigenvalue weighted by Crippen LogP contribution is -2.29. The normalized spacial score (nSPS) is 11.3. The highest BCUT2D eigenvalue weighted by Gasteiger charge is 2.37. The van der Waals surface area contributed by atoms with E-state index in [-0.39, 0.29) is 41.5 Å². The Labute approximate surface area is 229 Å². The minimum Gasteiger partial charge on any atom is -0.477 e. The fraction of sp³-hybridized carbons (Fsp3) is 0.214. The van der Waals surface area contributed by atoms with Crippen molar-refractivity contribution in [2.45, 2.75) is 26.6 Å². The summed E-state index contributed by atoms with van der Waals surface area (Å²) in [6.45, 7) is 2.96. The highest BCUT2D eigenvalue weighted by Crippen LogP contribution is 2.36. The van der Waals surface area contributed by atoms with Crippen LogP contribution in [0.2, 0.25) is 0 Å². The maximum Gasteiger partial charge on any atom is 0.417 e. The van der Waals surface area contributed by atoms with Crippen molar-refractivity contribution in [1.82, 2.24) is 9.55 Å². The molecule has 41 heavy (non-hydrogen) atoms.